The largest absolute Gasteiger partial charge is 0.507 e. The molecule has 53 heavy (non-hydrogen) atoms. The average Bonchev–Trinajstić information content (AvgIpc) is 3.99. The van der Waals surface area contributed by atoms with E-state index in [9.17, 15) is 49.1 Å². The molecule has 0 atom stereocenters. The first-order chi connectivity index (χ1) is 25.4. The zero-order valence-corrected chi connectivity index (χ0v) is 28.2. The Bertz CT molecular complexity index is 2440. The topological polar surface area (TPSA) is 190 Å². The molecule has 5 aromatic carbocycles. The Morgan fingerprint density at radius 1 is 0.717 bits per heavy atom. The number of carbonyl (C=O) groups is 3. The summed E-state index contributed by atoms with van der Waals surface area (Å²) in [6.45, 7) is 2.96. The van der Waals surface area contributed by atoms with Crippen molar-refractivity contribution in [1.29, 1.82) is 0 Å². The number of benzene rings is 5. The highest BCUT2D eigenvalue weighted by Crippen LogP contribution is 2.40. The highest BCUT2D eigenvalue weighted by atomic mass is 19.1. The highest BCUT2D eigenvalue weighted by molar-refractivity contribution is 6.02. The van der Waals surface area contributed by atoms with Crippen LogP contribution >= 0.6 is 0 Å². The molecule has 270 valence electrons. The van der Waals surface area contributed by atoms with E-state index in [2.05, 4.69) is 5.32 Å². The summed E-state index contributed by atoms with van der Waals surface area (Å²) in [7, 11) is 0. The molecule has 6 aromatic rings. The summed E-state index contributed by atoms with van der Waals surface area (Å²) in [5.41, 5.74) is 0.271. The lowest BCUT2D eigenvalue weighted by Gasteiger charge is -2.30. The maximum absolute atomic E-state index is 14.6. The number of rotatable bonds is 7. The van der Waals surface area contributed by atoms with Gasteiger partial charge in [0.15, 0.2) is 0 Å². The molecule has 1 aliphatic heterocycles. The Hall–Kier alpha value is -6.47. The van der Waals surface area contributed by atoms with Crippen molar-refractivity contribution in [2.45, 2.75) is 25.3 Å². The van der Waals surface area contributed by atoms with E-state index >= 15 is 0 Å². The van der Waals surface area contributed by atoms with Gasteiger partial charge in [0.2, 0.25) is 5.43 Å². The van der Waals surface area contributed by atoms with Crippen molar-refractivity contribution in [2.24, 2.45) is 0 Å². The van der Waals surface area contributed by atoms with Gasteiger partial charge < -0.3 is 40.3 Å². The molecule has 0 unspecified atom stereocenters. The number of halogens is 1. The van der Waals surface area contributed by atoms with Crippen LogP contribution in [-0.2, 0) is 6.42 Å². The van der Waals surface area contributed by atoms with E-state index in [-0.39, 0.29) is 34.5 Å². The second-order valence-electron chi connectivity index (χ2n) is 13.1. The molecule has 0 amide bonds. The average molecular weight is 720 g/mol. The van der Waals surface area contributed by atoms with E-state index in [4.69, 9.17) is 0 Å². The van der Waals surface area contributed by atoms with Gasteiger partial charge >= 0.3 is 17.9 Å². The fourth-order valence-electron chi connectivity index (χ4n) is 7.00. The van der Waals surface area contributed by atoms with Crippen molar-refractivity contribution < 1.29 is 44.3 Å². The molecule has 1 aliphatic carbocycles. The van der Waals surface area contributed by atoms with Gasteiger partial charge in [-0.25, -0.2) is 18.8 Å². The van der Waals surface area contributed by atoms with Crippen LogP contribution in [0.1, 0.15) is 61.1 Å². The van der Waals surface area contributed by atoms with Crippen LogP contribution in [-0.4, -0.2) is 74.2 Å². The molecule has 1 aromatic heterocycles. The molecule has 1 saturated carbocycles. The smallest absolute Gasteiger partial charge is 0.341 e. The van der Waals surface area contributed by atoms with Crippen molar-refractivity contribution in [3.63, 3.8) is 0 Å². The van der Waals surface area contributed by atoms with Crippen LogP contribution in [0, 0.1) is 5.82 Å². The number of aromatic nitrogens is 1. The van der Waals surface area contributed by atoms with E-state index in [1.165, 1.54) is 24.4 Å². The Kier molecular flexibility index (Phi) is 9.18. The first kappa shape index (κ1) is 35.0. The van der Waals surface area contributed by atoms with Gasteiger partial charge in [0.1, 0.15) is 34.0 Å². The Morgan fingerprint density at radius 3 is 1.72 bits per heavy atom. The van der Waals surface area contributed by atoms with Crippen LogP contribution in [0.2, 0.25) is 0 Å². The number of hydrogen-bond donors (Lipinski definition) is 6. The zero-order chi connectivity index (χ0) is 37.6. The SMILES string of the molecule is O=C(O)c1cc2ccccc2c(Cc2c(O)c(C(=O)O)cc3ccccc23)c1O.O=C(O)c1cn(C2CC2)c2cc(N3CCNCC3)c(F)cc2c1=O. The minimum atomic E-state index is -1.28. The molecule has 6 N–H and O–H groups in total. The third-order valence-corrected chi connectivity index (χ3v) is 9.80. The van der Waals surface area contributed by atoms with Crippen LogP contribution in [0.25, 0.3) is 32.4 Å². The lowest BCUT2D eigenvalue weighted by molar-refractivity contribution is 0.0682. The van der Waals surface area contributed by atoms with Gasteiger partial charge in [0.25, 0.3) is 0 Å². The summed E-state index contributed by atoms with van der Waals surface area (Å²) in [6, 6.07) is 19.9. The molecule has 13 heteroatoms. The molecule has 0 radical (unpaired) electrons. The van der Waals surface area contributed by atoms with Gasteiger partial charge in [-0.1, -0.05) is 48.5 Å². The Morgan fingerprint density at radius 2 is 1.23 bits per heavy atom. The van der Waals surface area contributed by atoms with Crippen molar-refractivity contribution in [3.8, 4) is 11.5 Å². The number of carboxylic acid groups (broad SMARTS) is 3. The highest BCUT2D eigenvalue weighted by Gasteiger charge is 2.28. The van der Waals surface area contributed by atoms with Crippen LogP contribution in [0.4, 0.5) is 10.1 Å². The summed E-state index contributed by atoms with van der Waals surface area (Å²) in [5.74, 6) is -5.11. The number of carboxylic acids is 3. The van der Waals surface area contributed by atoms with E-state index in [0.29, 0.717) is 57.0 Å². The quantitative estimate of drug-likeness (QED) is 0.114. The fraction of sp³-hybridized carbons (Fsp3) is 0.200. The first-order valence-electron chi connectivity index (χ1n) is 17.0. The molecule has 2 aliphatic rings. The molecule has 2 heterocycles. The van der Waals surface area contributed by atoms with Gasteiger partial charge in [-0.3, -0.25) is 4.79 Å². The summed E-state index contributed by atoms with van der Waals surface area (Å²) < 4.78 is 16.4. The Labute approximate surface area is 300 Å². The second-order valence-corrected chi connectivity index (χ2v) is 13.1. The third kappa shape index (κ3) is 6.58. The van der Waals surface area contributed by atoms with Gasteiger partial charge in [0.05, 0.1) is 11.2 Å². The van der Waals surface area contributed by atoms with E-state index in [1.54, 1.807) is 54.6 Å². The summed E-state index contributed by atoms with van der Waals surface area (Å²) in [4.78, 5) is 48.9. The normalized spacial score (nSPS) is 14.2. The van der Waals surface area contributed by atoms with Crippen molar-refractivity contribution in [3.05, 3.63) is 123 Å². The van der Waals surface area contributed by atoms with Gasteiger partial charge in [-0.15, -0.1) is 0 Å². The van der Waals surface area contributed by atoms with Gasteiger partial charge in [0, 0.05) is 61.4 Å². The number of piperazine rings is 1. The number of nitrogens with one attached hydrogen (secondary N) is 1. The minimum absolute atomic E-state index is 0.0407. The summed E-state index contributed by atoms with van der Waals surface area (Å²) in [5, 5.41) is 55.4. The Balaban J connectivity index is 0.000000167. The molecule has 0 spiro atoms. The van der Waals surface area contributed by atoms with Gasteiger partial charge in [-0.2, -0.15) is 0 Å². The molecular weight excluding hydrogens is 685 g/mol. The minimum Gasteiger partial charge on any atom is -0.507 e. The zero-order valence-electron chi connectivity index (χ0n) is 28.2. The summed E-state index contributed by atoms with van der Waals surface area (Å²) >= 11 is 0. The van der Waals surface area contributed by atoms with Crippen molar-refractivity contribution >= 4 is 56.0 Å². The van der Waals surface area contributed by atoms with E-state index < -0.39 is 40.7 Å². The van der Waals surface area contributed by atoms with Crippen LogP contribution in [0.5, 0.6) is 11.5 Å². The lowest BCUT2D eigenvalue weighted by Crippen LogP contribution is -2.43. The first-order valence-corrected chi connectivity index (χ1v) is 17.0. The monoisotopic (exact) mass is 719 g/mol. The molecule has 2 fully saturated rings. The van der Waals surface area contributed by atoms with E-state index in [0.717, 1.165) is 25.9 Å². The number of fused-ring (bicyclic) bond motifs is 3. The van der Waals surface area contributed by atoms with Crippen LogP contribution < -0.4 is 15.6 Å². The van der Waals surface area contributed by atoms with Crippen molar-refractivity contribution in [1.82, 2.24) is 9.88 Å². The number of phenols is 2. The predicted molar refractivity (Wildman–Crippen MR) is 196 cm³/mol. The molecule has 0 bridgehead atoms. The summed E-state index contributed by atoms with van der Waals surface area (Å²) in [6.07, 6.45) is 3.25. The lowest BCUT2D eigenvalue weighted by atomic mass is 9.90. The number of pyridine rings is 1. The number of nitrogens with zero attached hydrogens (tertiary/aromatic N) is 2. The predicted octanol–water partition coefficient (Wildman–Crippen LogP) is 5.97. The van der Waals surface area contributed by atoms with Crippen molar-refractivity contribution in [2.75, 3.05) is 31.1 Å². The maximum Gasteiger partial charge on any atom is 0.341 e. The standard InChI is InChI=1S/C23H16O6.C17H18FN3O3/c24-20-16(14-7-3-1-5-12(14)9-18(20)22(26)27)11-17-15-8-4-2-6-13(15)10-19(21(17)25)23(28)29;18-13-7-11-14(8-15(13)20-5-3-19-4-6-20)21(10-1-2-10)9-12(16(11)22)17(23)24/h1-10,24-25H,11H2,(H,26,27)(H,28,29);7-10,19H,1-6H2,(H,23,24). The van der Waals surface area contributed by atoms with Gasteiger partial charge in [-0.05, 0) is 58.7 Å². The molecular formula is C40H34FN3O9. The molecule has 12 nitrogen and oxygen atoms in total. The maximum atomic E-state index is 14.6. The molecule has 8 rings (SSSR count). The number of hydrogen-bond acceptors (Lipinski definition) is 8. The van der Waals surface area contributed by atoms with Crippen LogP contribution in [0.15, 0.2) is 83.8 Å². The van der Waals surface area contributed by atoms with Crippen LogP contribution in [0.3, 0.4) is 0 Å². The molecule has 1 saturated heterocycles. The fourth-order valence-corrected chi connectivity index (χ4v) is 7.00. The van der Waals surface area contributed by atoms with E-state index in [1.807, 2.05) is 9.47 Å². The third-order valence-electron chi connectivity index (χ3n) is 9.80. The number of aromatic carboxylic acids is 3. The second kappa shape index (κ2) is 13.9. The number of aromatic hydroxyl groups is 2. The number of anilines is 1.